The van der Waals surface area contributed by atoms with Gasteiger partial charge in [-0.3, -0.25) is 13.9 Å². The van der Waals surface area contributed by atoms with E-state index >= 15 is 0 Å². The van der Waals surface area contributed by atoms with E-state index < -0.39 is 34.3 Å². The maximum atomic E-state index is 14.8. The van der Waals surface area contributed by atoms with E-state index in [-0.39, 0.29) is 24.4 Å². The number of nitrogens with zero attached hydrogens (tertiary/aromatic N) is 2. The molecule has 9 heteroatoms. The molecule has 0 aliphatic heterocycles. The summed E-state index contributed by atoms with van der Waals surface area (Å²) in [6.45, 7) is 5.36. The minimum Gasteiger partial charge on any atom is -0.354 e. The Morgan fingerprint density at radius 2 is 1.62 bits per heavy atom. The van der Waals surface area contributed by atoms with Gasteiger partial charge in [-0.25, -0.2) is 12.8 Å². The normalized spacial score (nSPS) is 12.0. The number of carbonyl (C=O) groups is 2. The summed E-state index contributed by atoms with van der Waals surface area (Å²) >= 11 is 0. The summed E-state index contributed by atoms with van der Waals surface area (Å²) in [7, 11) is -3.88. The molecular weight excluding hydrogens is 529 g/mol. The zero-order chi connectivity index (χ0) is 29.3. The highest BCUT2D eigenvalue weighted by Crippen LogP contribution is 2.26. The molecule has 40 heavy (non-hydrogen) atoms. The fraction of sp³-hybridized carbons (Fsp3) is 0.355. The Morgan fingerprint density at radius 1 is 0.950 bits per heavy atom. The molecule has 0 saturated carbocycles. The van der Waals surface area contributed by atoms with E-state index in [9.17, 15) is 22.4 Å². The van der Waals surface area contributed by atoms with Crippen molar-refractivity contribution >= 4 is 27.5 Å². The number of unbranched alkanes of at least 4 members (excludes halogenated alkanes) is 1. The quantitative estimate of drug-likeness (QED) is 0.302. The second-order valence-electron chi connectivity index (χ2n) is 9.95. The van der Waals surface area contributed by atoms with E-state index in [0.29, 0.717) is 12.2 Å². The van der Waals surface area contributed by atoms with E-state index in [4.69, 9.17) is 0 Å². The van der Waals surface area contributed by atoms with Crippen LogP contribution in [0.5, 0.6) is 0 Å². The van der Waals surface area contributed by atoms with Gasteiger partial charge in [-0.15, -0.1) is 0 Å². The predicted octanol–water partition coefficient (Wildman–Crippen LogP) is 4.76. The topological polar surface area (TPSA) is 86.8 Å². The molecule has 0 spiro atoms. The molecule has 0 bridgehead atoms. The van der Waals surface area contributed by atoms with Crippen molar-refractivity contribution in [1.29, 1.82) is 0 Å². The predicted molar refractivity (Wildman–Crippen MR) is 157 cm³/mol. The van der Waals surface area contributed by atoms with Crippen molar-refractivity contribution < 1.29 is 22.4 Å². The van der Waals surface area contributed by atoms with Gasteiger partial charge in [0.15, 0.2) is 0 Å². The standard InChI is InChI=1S/C31H38FN3O4S/c1-5-6-19-33-31(37)29(20-25-14-8-7-9-15-25)34(21-26-16-10-11-17-27(26)32)30(36)22-35(40(4,38)39)28-18-12-13-23(2)24(28)3/h7-18,29H,5-6,19-22H2,1-4H3,(H,33,37)/t29-/m0/s1. The molecule has 0 aliphatic carbocycles. The summed E-state index contributed by atoms with van der Waals surface area (Å²) < 4.78 is 41.8. The van der Waals surface area contributed by atoms with Crippen LogP contribution in [0.1, 0.15) is 42.0 Å². The number of benzene rings is 3. The van der Waals surface area contributed by atoms with Gasteiger partial charge < -0.3 is 10.2 Å². The van der Waals surface area contributed by atoms with Crippen molar-refractivity contribution in [3.05, 3.63) is 101 Å². The average molecular weight is 568 g/mol. The smallest absolute Gasteiger partial charge is 0.244 e. The molecule has 7 nitrogen and oxygen atoms in total. The van der Waals surface area contributed by atoms with E-state index in [1.165, 1.54) is 11.0 Å². The van der Waals surface area contributed by atoms with Gasteiger partial charge in [0.1, 0.15) is 18.4 Å². The molecule has 3 rings (SSSR count). The van der Waals surface area contributed by atoms with E-state index in [2.05, 4.69) is 5.32 Å². The van der Waals surface area contributed by atoms with Crippen molar-refractivity contribution in [2.75, 3.05) is 23.7 Å². The van der Waals surface area contributed by atoms with Crippen LogP contribution in [-0.2, 0) is 32.6 Å². The number of hydrogen-bond donors (Lipinski definition) is 1. The Bertz CT molecular complexity index is 1410. The summed E-state index contributed by atoms with van der Waals surface area (Å²) in [5.41, 5.74) is 3.03. The molecule has 3 aromatic carbocycles. The maximum absolute atomic E-state index is 14.8. The summed E-state index contributed by atoms with van der Waals surface area (Å²) in [5, 5.41) is 2.91. The fourth-order valence-corrected chi connectivity index (χ4v) is 5.37. The SMILES string of the molecule is CCCCNC(=O)[C@H](Cc1ccccc1)N(Cc1ccccc1F)C(=O)CN(c1cccc(C)c1C)S(C)(=O)=O. The Kier molecular flexibility index (Phi) is 10.8. The Hall–Kier alpha value is -3.72. The third-order valence-electron chi connectivity index (χ3n) is 6.92. The zero-order valence-electron chi connectivity index (χ0n) is 23.6. The van der Waals surface area contributed by atoms with Gasteiger partial charge in [-0.2, -0.15) is 0 Å². The van der Waals surface area contributed by atoms with Gasteiger partial charge in [0.2, 0.25) is 21.8 Å². The first-order chi connectivity index (χ1) is 19.0. The van der Waals surface area contributed by atoms with Gasteiger partial charge in [0.05, 0.1) is 11.9 Å². The zero-order valence-corrected chi connectivity index (χ0v) is 24.4. The van der Waals surface area contributed by atoms with Crippen LogP contribution < -0.4 is 9.62 Å². The van der Waals surface area contributed by atoms with Crippen LogP contribution in [0.4, 0.5) is 10.1 Å². The van der Waals surface area contributed by atoms with Gasteiger partial charge in [-0.1, -0.05) is 74.0 Å². The second kappa shape index (κ2) is 14.1. The molecule has 0 fully saturated rings. The molecule has 0 aliphatic rings. The van der Waals surface area contributed by atoms with Crippen LogP contribution in [0.2, 0.25) is 0 Å². The third kappa shape index (κ3) is 8.14. The van der Waals surface area contributed by atoms with E-state index in [1.807, 2.05) is 50.2 Å². The molecule has 0 aromatic heterocycles. The maximum Gasteiger partial charge on any atom is 0.244 e. The van der Waals surface area contributed by atoms with Crippen LogP contribution in [0.3, 0.4) is 0 Å². The Balaban J connectivity index is 2.07. The minimum atomic E-state index is -3.88. The summed E-state index contributed by atoms with van der Waals surface area (Å²) in [5.74, 6) is -1.50. The molecule has 0 unspecified atom stereocenters. The molecule has 0 heterocycles. The highest BCUT2D eigenvalue weighted by Gasteiger charge is 2.33. The lowest BCUT2D eigenvalue weighted by atomic mass is 10.0. The Labute approximate surface area is 237 Å². The minimum absolute atomic E-state index is 0.182. The van der Waals surface area contributed by atoms with E-state index in [0.717, 1.165) is 40.1 Å². The molecule has 0 saturated heterocycles. The van der Waals surface area contributed by atoms with Gasteiger partial charge in [0.25, 0.3) is 0 Å². The fourth-order valence-electron chi connectivity index (χ4n) is 4.47. The summed E-state index contributed by atoms with van der Waals surface area (Å²) in [6.07, 6.45) is 2.86. The van der Waals surface area contributed by atoms with Crippen LogP contribution in [0, 0.1) is 19.7 Å². The lowest BCUT2D eigenvalue weighted by Gasteiger charge is -2.34. The summed E-state index contributed by atoms with van der Waals surface area (Å²) in [6, 6.07) is 19.6. The van der Waals surface area contributed by atoms with Crippen molar-refractivity contribution in [3.63, 3.8) is 0 Å². The van der Waals surface area contributed by atoms with Crippen LogP contribution in [0.25, 0.3) is 0 Å². The van der Waals surface area contributed by atoms with Crippen molar-refractivity contribution in [2.24, 2.45) is 0 Å². The summed E-state index contributed by atoms with van der Waals surface area (Å²) in [4.78, 5) is 28.9. The monoisotopic (exact) mass is 567 g/mol. The van der Waals surface area contributed by atoms with Crippen molar-refractivity contribution in [2.45, 2.75) is 52.6 Å². The van der Waals surface area contributed by atoms with Crippen molar-refractivity contribution in [3.8, 4) is 0 Å². The van der Waals surface area contributed by atoms with Crippen molar-refractivity contribution in [1.82, 2.24) is 10.2 Å². The van der Waals surface area contributed by atoms with Crippen LogP contribution in [0.15, 0.2) is 72.8 Å². The molecular formula is C31H38FN3O4S. The number of halogens is 1. The number of aryl methyl sites for hydroxylation is 1. The molecule has 1 atom stereocenters. The van der Waals surface area contributed by atoms with Gasteiger partial charge in [-0.05, 0) is 49.1 Å². The number of hydrogen-bond acceptors (Lipinski definition) is 4. The van der Waals surface area contributed by atoms with Crippen LogP contribution >= 0.6 is 0 Å². The highest BCUT2D eigenvalue weighted by molar-refractivity contribution is 7.92. The van der Waals surface area contributed by atoms with Crippen LogP contribution in [-0.4, -0.2) is 50.5 Å². The molecule has 2 amide bonds. The number of nitrogens with one attached hydrogen (secondary N) is 1. The number of sulfonamides is 1. The second-order valence-corrected chi connectivity index (χ2v) is 11.9. The lowest BCUT2D eigenvalue weighted by Crippen LogP contribution is -2.53. The first kappa shape index (κ1) is 30.8. The molecule has 0 radical (unpaired) electrons. The Morgan fingerprint density at radius 3 is 2.27 bits per heavy atom. The lowest BCUT2D eigenvalue weighted by molar-refractivity contribution is -0.140. The number of rotatable bonds is 13. The van der Waals surface area contributed by atoms with Gasteiger partial charge >= 0.3 is 0 Å². The number of amides is 2. The number of carbonyl (C=O) groups excluding carboxylic acids is 2. The first-order valence-electron chi connectivity index (χ1n) is 13.4. The molecule has 1 N–H and O–H groups in total. The number of anilines is 1. The largest absolute Gasteiger partial charge is 0.354 e. The molecule has 214 valence electrons. The molecule has 3 aromatic rings. The average Bonchev–Trinajstić information content (AvgIpc) is 2.92. The first-order valence-corrected chi connectivity index (χ1v) is 15.3. The highest BCUT2D eigenvalue weighted by atomic mass is 32.2. The third-order valence-corrected chi connectivity index (χ3v) is 8.05. The van der Waals surface area contributed by atoms with Gasteiger partial charge in [0, 0.05) is 25.1 Å². The van der Waals surface area contributed by atoms with E-state index in [1.54, 1.807) is 37.3 Å².